The van der Waals surface area contributed by atoms with Crippen molar-refractivity contribution in [3.05, 3.63) is 64.3 Å². The molecule has 26 heavy (non-hydrogen) atoms. The van der Waals surface area contributed by atoms with Gasteiger partial charge in [0.2, 0.25) is 0 Å². The highest BCUT2D eigenvalue weighted by Crippen LogP contribution is 2.41. The maximum absolute atomic E-state index is 5.73. The topological polar surface area (TPSA) is 34.0 Å². The van der Waals surface area contributed by atoms with Crippen molar-refractivity contribution in [2.75, 3.05) is 0 Å². The molecule has 0 amide bonds. The zero-order valence-corrected chi connectivity index (χ0v) is 15.5. The summed E-state index contributed by atoms with van der Waals surface area (Å²) in [4.78, 5) is 2.61. The molecule has 1 saturated carbocycles. The second kappa shape index (κ2) is 6.56. The fraction of sp³-hybridized carbons (Fsp3) is 0.381. The molecular weight excluding hydrogens is 340 g/mol. The summed E-state index contributed by atoms with van der Waals surface area (Å²) in [5, 5.41) is 9.82. The van der Waals surface area contributed by atoms with Crippen molar-refractivity contribution in [1.82, 2.24) is 19.9 Å². The summed E-state index contributed by atoms with van der Waals surface area (Å²) in [7, 11) is 0. The lowest BCUT2D eigenvalue weighted by Gasteiger charge is -2.36. The minimum absolute atomic E-state index is 0.461. The molecule has 0 radical (unpaired) electrons. The summed E-state index contributed by atoms with van der Waals surface area (Å²) < 4.78 is 2.69. The molecule has 2 aliphatic carbocycles. The van der Waals surface area contributed by atoms with Crippen molar-refractivity contribution in [3.63, 3.8) is 0 Å². The lowest BCUT2D eigenvalue weighted by molar-refractivity contribution is 0.116. The van der Waals surface area contributed by atoms with E-state index in [0.29, 0.717) is 12.1 Å². The van der Waals surface area contributed by atoms with Crippen LogP contribution in [0.15, 0.2) is 48.5 Å². The Morgan fingerprint density at radius 3 is 2.73 bits per heavy atom. The van der Waals surface area contributed by atoms with Crippen LogP contribution < -0.4 is 0 Å². The van der Waals surface area contributed by atoms with Crippen molar-refractivity contribution in [2.45, 2.75) is 50.9 Å². The molecule has 5 heteroatoms. The van der Waals surface area contributed by atoms with E-state index in [4.69, 9.17) is 12.2 Å². The Hall–Kier alpha value is -2.11. The SMILES string of the molecule is S=c1c2ccccc2nnn1CN(C1CC1)C1CCCc2ccccc21. The smallest absolute Gasteiger partial charge is 0.135 e. The summed E-state index contributed by atoms with van der Waals surface area (Å²) in [6.45, 7) is 0.723. The van der Waals surface area contributed by atoms with Gasteiger partial charge in [0, 0.05) is 17.5 Å². The van der Waals surface area contributed by atoms with Crippen molar-refractivity contribution in [2.24, 2.45) is 0 Å². The normalized spacial score (nSPS) is 19.7. The molecular formula is C21H22N4S. The average Bonchev–Trinajstić information content (AvgIpc) is 3.53. The van der Waals surface area contributed by atoms with Gasteiger partial charge in [0.25, 0.3) is 0 Å². The van der Waals surface area contributed by atoms with Crippen LogP contribution in [0.1, 0.15) is 42.9 Å². The first-order chi connectivity index (χ1) is 12.8. The maximum Gasteiger partial charge on any atom is 0.135 e. The van der Waals surface area contributed by atoms with Gasteiger partial charge in [0.1, 0.15) is 4.64 Å². The third kappa shape index (κ3) is 2.85. The highest BCUT2D eigenvalue weighted by molar-refractivity contribution is 7.71. The summed E-state index contributed by atoms with van der Waals surface area (Å²) >= 11 is 5.73. The molecule has 1 heterocycles. The molecule has 0 spiro atoms. The minimum atomic E-state index is 0.461. The fourth-order valence-corrected chi connectivity index (χ4v) is 4.49. The highest BCUT2D eigenvalue weighted by Gasteiger charge is 2.36. The number of hydrogen-bond donors (Lipinski definition) is 0. The van der Waals surface area contributed by atoms with E-state index in [2.05, 4.69) is 39.5 Å². The second-order valence-corrected chi connectivity index (χ2v) is 7.79. The molecule has 2 aromatic carbocycles. The van der Waals surface area contributed by atoms with Gasteiger partial charge in [-0.25, -0.2) is 4.68 Å². The molecule has 0 bridgehead atoms. The Labute approximate surface area is 158 Å². The average molecular weight is 363 g/mol. The van der Waals surface area contributed by atoms with Gasteiger partial charge < -0.3 is 0 Å². The Morgan fingerprint density at radius 2 is 1.85 bits per heavy atom. The molecule has 1 aromatic heterocycles. The van der Waals surface area contributed by atoms with Gasteiger partial charge in [-0.1, -0.05) is 53.8 Å². The number of benzene rings is 2. The van der Waals surface area contributed by atoms with Gasteiger partial charge in [0.05, 0.1) is 12.2 Å². The van der Waals surface area contributed by atoms with Crippen LogP contribution in [0.5, 0.6) is 0 Å². The van der Waals surface area contributed by atoms with E-state index in [1.165, 1.54) is 43.2 Å². The van der Waals surface area contributed by atoms with Crippen LogP contribution in [-0.2, 0) is 13.1 Å². The molecule has 2 aliphatic rings. The van der Waals surface area contributed by atoms with Gasteiger partial charge in [0.15, 0.2) is 0 Å². The molecule has 0 aliphatic heterocycles. The van der Waals surface area contributed by atoms with E-state index in [9.17, 15) is 0 Å². The van der Waals surface area contributed by atoms with Gasteiger partial charge in [-0.15, -0.1) is 5.10 Å². The van der Waals surface area contributed by atoms with Crippen molar-refractivity contribution >= 4 is 23.1 Å². The third-order valence-electron chi connectivity index (χ3n) is 5.68. The zero-order valence-electron chi connectivity index (χ0n) is 14.7. The Balaban J connectivity index is 1.52. The standard InChI is InChI=1S/C21H22N4S/c26-21-18-9-3-4-10-19(18)22-23-25(21)14-24(16-12-13-16)20-11-5-7-15-6-1-2-8-17(15)20/h1-4,6,8-10,16,20H,5,7,11-14H2. The minimum Gasteiger partial charge on any atom is -0.274 e. The highest BCUT2D eigenvalue weighted by atomic mass is 32.1. The van der Waals surface area contributed by atoms with E-state index in [1.54, 1.807) is 0 Å². The van der Waals surface area contributed by atoms with Crippen molar-refractivity contribution < 1.29 is 0 Å². The van der Waals surface area contributed by atoms with Crippen LogP contribution in [0.4, 0.5) is 0 Å². The van der Waals surface area contributed by atoms with E-state index >= 15 is 0 Å². The van der Waals surface area contributed by atoms with Gasteiger partial charge in [-0.2, -0.15) is 0 Å². The summed E-state index contributed by atoms with van der Waals surface area (Å²) in [6, 6.07) is 18.0. The lowest BCUT2D eigenvalue weighted by Crippen LogP contribution is -2.35. The lowest BCUT2D eigenvalue weighted by atomic mass is 9.87. The predicted molar refractivity (Wildman–Crippen MR) is 105 cm³/mol. The van der Waals surface area contributed by atoms with Crippen LogP contribution in [0.2, 0.25) is 0 Å². The molecule has 1 unspecified atom stereocenters. The quantitative estimate of drug-likeness (QED) is 0.632. The van der Waals surface area contributed by atoms with E-state index in [1.807, 2.05) is 28.9 Å². The van der Waals surface area contributed by atoms with Crippen molar-refractivity contribution in [3.8, 4) is 0 Å². The van der Waals surface area contributed by atoms with Gasteiger partial charge in [-0.05, 0) is 55.4 Å². The van der Waals surface area contributed by atoms with Crippen LogP contribution in [0.25, 0.3) is 10.9 Å². The maximum atomic E-state index is 5.73. The number of fused-ring (bicyclic) bond motifs is 2. The van der Waals surface area contributed by atoms with Crippen LogP contribution in [0, 0.1) is 4.64 Å². The first-order valence-corrected chi connectivity index (χ1v) is 9.88. The number of aromatic nitrogens is 3. The van der Waals surface area contributed by atoms with E-state index < -0.39 is 0 Å². The molecule has 4 nitrogen and oxygen atoms in total. The number of aryl methyl sites for hydroxylation is 1. The zero-order chi connectivity index (χ0) is 17.5. The first kappa shape index (κ1) is 16.1. The summed E-state index contributed by atoms with van der Waals surface area (Å²) in [5.74, 6) is 0. The monoisotopic (exact) mass is 362 g/mol. The summed E-state index contributed by atoms with van der Waals surface area (Å²) in [5.41, 5.74) is 3.86. The van der Waals surface area contributed by atoms with Crippen LogP contribution >= 0.6 is 12.2 Å². The number of rotatable bonds is 4. The Bertz CT molecular complexity index is 1010. The van der Waals surface area contributed by atoms with Gasteiger partial charge in [-0.3, -0.25) is 4.90 Å². The third-order valence-corrected chi connectivity index (χ3v) is 6.11. The molecule has 0 saturated heterocycles. The molecule has 132 valence electrons. The molecule has 1 fully saturated rings. The molecule has 1 atom stereocenters. The molecule has 5 rings (SSSR count). The Morgan fingerprint density at radius 1 is 1.04 bits per heavy atom. The fourth-order valence-electron chi connectivity index (χ4n) is 4.22. The number of nitrogens with zero attached hydrogens (tertiary/aromatic N) is 4. The largest absolute Gasteiger partial charge is 0.274 e. The first-order valence-electron chi connectivity index (χ1n) is 9.47. The summed E-state index contributed by atoms with van der Waals surface area (Å²) in [6.07, 6.45) is 6.20. The second-order valence-electron chi connectivity index (χ2n) is 7.40. The van der Waals surface area contributed by atoms with Gasteiger partial charge >= 0.3 is 0 Å². The van der Waals surface area contributed by atoms with Crippen LogP contribution in [-0.4, -0.2) is 25.9 Å². The molecule has 0 N–H and O–H groups in total. The molecule has 3 aromatic rings. The predicted octanol–water partition coefficient (Wildman–Crippen LogP) is 4.66. The van der Waals surface area contributed by atoms with E-state index in [-0.39, 0.29) is 0 Å². The Kier molecular flexibility index (Phi) is 4.06. The van der Waals surface area contributed by atoms with Crippen LogP contribution in [0.3, 0.4) is 0 Å². The number of hydrogen-bond acceptors (Lipinski definition) is 4. The van der Waals surface area contributed by atoms with Crippen molar-refractivity contribution in [1.29, 1.82) is 0 Å². The van der Waals surface area contributed by atoms with E-state index in [0.717, 1.165) is 22.2 Å².